The smallest absolute Gasteiger partial charge is 0.244 e. The fourth-order valence-electron chi connectivity index (χ4n) is 1.68. The van der Waals surface area contributed by atoms with Gasteiger partial charge in [0.25, 0.3) is 0 Å². The summed E-state index contributed by atoms with van der Waals surface area (Å²) in [4.78, 5) is 23.4. The highest BCUT2D eigenvalue weighted by Crippen LogP contribution is 2.20. The van der Waals surface area contributed by atoms with Crippen molar-refractivity contribution >= 4 is 39.5 Å². The predicted octanol–water partition coefficient (Wildman–Crippen LogP) is 1.95. The maximum atomic E-state index is 11.8. The van der Waals surface area contributed by atoms with Gasteiger partial charge in [0.1, 0.15) is 0 Å². The second-order valence-corrected chi connectivity index (χ2v) is 5.38. The number of carbonyl (C=O) groups excluding carboxylic acids is 2. The molecule has 0 saturated heterocycles. The minimum atomic E-state index is -0.342. The van der Waals surface area contributed by atoms with Gasteiger partial charge in [0.15, 0.2) is 0 Å². The summed E-state index contributed by atoms with van der Waals surface area (Å²) in [5.41, 5.74) is 1.47. The third kappa shape index (κ3) is 4.85. The van der Waals surface area contributed by atoms with Gasteiger partial charge >= 0.3 is 0 Å². The van der Waals surface area contributed by atoms with Gasteiger partial charge in [0.2, 0.25) is 11.8 Å². The standard InChI is InChI=1S/C15H15BrN4O2/c1-20-10-11(8-18-20)6-7-14(21)17-9-15(22)19-13-5-3-2-4-12(13)16/h2-8,10H,9H2,1H3,(H,17,21)(H,19,22). The van der Waals surface area contributed by atoms with Crippen molar-refractivity contribution in [3.8, 4) is 0 Å². The SMILES string of the molecule is Cn1cc(C=CC(=O)NCC(=O)Nc2ccccc2Br)cn1. The molecule has 1 aromatic heterocycles. The number of anilines is 1. The number of halogens is 1. The summed E-state index contributed by atoms with van der Waals surface area (Å²) >= 11 is 3.34. The lowest BCUT2D eigenvalue weighted by Crippen LogP contribution is -2.31. The van der Waals surface area contributed by atoms with Crippen LogP contribution in [0.15, 0.2) is 47.2 Å². The molecule has 2 amide bonds. The molecule has 0 unspecified atom stereocenters. The minimum absolute atomic E-state index is 0.0997. The monoisotopic (exact) mass is 362 g/mol. The summed E-state index contributed by atoms with van der Waals surface area (Å²) in [7, 11) is 1.80. The normalized spacial score (nSPS) is 10.6. The Morgan fingerprint density at radius 1 is 1.36 bits per heavy atom. The molecule has 0 spiro atoms. The second kappa shape index (κ2) is 7.56. The maximum Gasteiger partial charge on any atom is 0.244 e. The van der Waals surface area contributed by atoms with Gasteiger partial charge < -0.3 is 10.6 Å². The van der Waals surface area contributed by atoms with Gasteiger partial charge in [0.05, 0.1) is 18.4 Å². The van der Waals surface area contributed by atoms with Gasteiger partial charge in [-0.1, -0.05) is 12.1 Å². The number of rotatable bonds is 5. The molecule has 0 atom stereocenters. The van der Waals surface area contributed by atoms with E-state index in [1.165, 1.54) is 6.08 Å². The zero-order valence-electron chi connectivity index (χ0n) is 11.9. The molecule has 2 N–H and O–H groups in total. The van der Waals surface area contributed by atoms with Gasteiger partial charge in [-0.3, -0.25) is 14.3 Å². The van der Waals surface area contributed by atoms with E-state index in [-0.39, 0.29) is 18.4 Å². The van der Waals surface area contributed by atoms with Crippen molar-refractivity contribution in [1.29, 1.82) is 0 Å². The minimum Gasteiger partial charge on any atom is -0.343 e. The lowest BCUT2D eigenvalue weighted by molar-refractivity contribution is -0.121. The third-order valence-electron chi connectivity index (χ3n) is 2.72. The van der Waals surface area contributed by atoms with Crippen LogP contribution in [-0.2, 0) is 16.6 Å². The van der Waals surface area contributed by atoms with E-state index in [1.54, 1.807) is 36.3 Å². The number of nitrogens with zero attached hydrogens (tertiary/aromatic N) is 2. The number of para-hydroxylation sites is 1. The Morgan fingerprint density at radius 2 is 2.14 bits per heavy atom. The molecule has 2 rings (SSSR count). The number of carbonyl (C=O) groups is 2. The van der Waals surface area contributed by atoms with Crippen molar-refractivity contribution in [2.24, 2.45) is 7.05 Å². The van der Waals surface area contributed by atoms with Crippen LogP contribution in [0.3, 0.4) is 0 Å². The molecular weight excluding hydrogens is 348 g/mol. The van der Waals surface area contributed by atoms with E-state index in [0.717, 1.165) is 10.0 Å². The second-order valence-electron chi connectivity index (χ2n) is 4.53. The van der Waals surface area contributed by atoms with Gasteiger partial charge in [-0.25, -0.2) is 0 Å². The summed E-state index contributed by atoms with van der Waals surface area (Å²) < 4.78 is 2.43. The van der Waals surface area contributed by atoms with Crippen LogP contribution in [0.25, 0.3) is 6.08 Å². The van der Waals surface area contributed by atoms with Crippen molar-refractivity contribution < 1.29 is 9.59 Å². The summed E-state index contributed by atoms with van der Waals surface area (Å²) in [5, 5.41) is 9.21. The molecule has 1 aromatic carbocycles. The van der Waals surface area contributed by atoms with Gasteiger partial charge in [-0.2, -0.15) is 5.10 Å². The highest BCUT2D eigenvalue weighted by Gasteiger charge is 2.06. The van der Waals surface area contributed by atoms with Crippen molar-refractivity contribution in [1.82, 2.24) is 15.1 Å². The third-order valence-corrected chi connectivity index (χ3v) is 3.41. The van der Waals surface area contributed by atoms with Crippen LogP contribution in [0.5, 0.6) is 0 Å². The van der Waals surface area contributed by atoms with Gasteiger partial charge in [0, 0.05) is 29.4 Å². The number of benzene rings is 1. The molecule has 0 radical (unpaired) electrons. The van der Waals surface area contributed by atoms with Crippen LogP contribution >= 0.6 is 15.9 Å². The summed E-state index contributed by atoms with van der Waals surface area (Å²) in [6.45, 7) is -0.0997. The largest absolute Gasteiger partial charge is 0.343 e. The van der Waals surface area contributed by atoms with Crippen LogP contribution in [0, 0.1) is 0 Å². The number of aromatic nitrogens is 2. The first-order valence-electron chi connectivity index (χ1n) is 6.53. The topological polar surface area (TPSA) is 76.0 Å². The van der Waals surface area contributed by atoms with E-state index in [9.17, 15) is 9.59 Å². The molecule has 0 aliphatic heterocycles. The van der Waals surface area contributed by atoms with Crippen molar-refractivity contribution in [2.45, 2.75) is 0 Å². The first kappa shape index (κ1) is 16.0. The molecule has 114 valence electrons. The van der Waals surface area contributed by atoms with E-state index >= 15 is 0 Å². The molecule has 0 aliphatic carbocycles. The molecular formula is C15H15BrN4O2. The number of hydrogen-bond acceptors (Lipinski definition) is 3. The highest BCUT2D eigenvalue weighted by molar-refractivity contribution is 9.10. The molecule has 22 heavy (non-hydrogen) atoms. The Balaban J connectivity index is 1.80. The van der Waals surface area contributed by atoms with Crippen molar-refractivity contribution in [2.75, 3.05) is 11.9 Å². The number of hydrogen-bond donors (Lipinski definition) is 2. The summed E-state index contributed by atoms with van der Waals surface area (Å²) in [5.74, 6) is -0.638. The lowest BCUT2D eigenvalue weighted by Gasteiger charge is -2.07. The number of nitrogens with one attached hydrogen (secondary N) is 2. The molecule has 1 heterocycles. The fourth-order valence-corrected chi connectivity index (χ4v) is 2.07. The Kier molecular flexibility index (Phi) is 5.48. The van der Waals surface area contributed by atoms with E-state index in [0.29, 0.717) is 5.69 Å². The van der Waals surface area contributed by atoms with E-state index < -0.39 is 0 Å². The van der Waals surface area contributed by atoms with E-state index in [2.05, 4.69) is 31.7 Å². The first-order valence-corrected chi connectivity index (χ1v) is 7.33. The van der Waals surface area contributed by atoms with E-state index in [4.69, 9.17) is 0 Å². The Labute approximate surface area is 136 Å². The van der Waals surface area contributed by atoms with Crippen LogP contribution in [0.2, 0.25) is 0 Å². The predicted molar refractivity (Wildman–Crippen MR) is 88.0 cm³/mol. The average Bonchev–Trinajstić information content (AvgIpc) is 2.91. The van der Waals surface area contributed by atoms with Crippen molar-refractivity contribution in [3.05, 3.63) is 52.8 Å². The van der Waals surface area contributed by atoms with Crippen molar-refractivity contribution in [3.63, 3.8) is 0 Å². The quantitative estimate of drug-likeness (QED) is 0.798. The Morgan fingerprint density at radius 3 is 2.82 bits per heavy atom. The summed E-state index contributed by atoms with van der Waals surface area (Å²) in [6.07, 6.45) is 6.42. The molecule has 0 aliphatic rings. The first-order chi connectivity index (χ1) is 10.5. The molecule has 7 heteroatoms. The average molecular weight is 363 g/mol. The van der Waals surface area contributed by atoms with Crippen LogP contribution in [0.4, 0.5) is 5.69 Å². The highest BCUT2D eigenvalue weighted by atomic mass is 79.9. The molecule has 0 saturated carbocycles. The van der Waals surface area contributed by atoms with Crippen LogP contribution in [0.1, 0.15) is 5.56 Å². The molecule has 6 nitrogen and oxygen atoms in total. The lowest BCUT2D eigenvalue weighted by atomic mass is 10.3. The summed E-state index contributed by atoms with van der Waals surface area (Å²) in [6, 6.07) is 7.26. The van der Waals surface area contributed by atoms with Crippen LogP contribution in [-0.4, -0.2) is 28.1 Å². The number of amides is 2. The van der Waals surface area contributed by atoms with Crippen LogP contribution < -0.4 is 10.6 Å². The Hall–Kier alpha value is -2.41. The maximum absolute atomic E-state index is 11.8. The number of aryl methyl sites for hydroxylation is 1. The molecule has 2 aromatic rings. The molecule has 0 bridgehead atoms. The zero-order valence-corrected chi connectivity index (χ0v) is 13.5. The fraction of sp³-hybridized carbons (Fsp3) is 0.133. The molecule has 0 fully saturated rings. The zero-order chi connectivity index (χ0) is 15.9. The van der Waals surface area contributed by atoms with Gasteiger partial charge in [-0.05, 0) is 34.1 Å². The van der Waals surface area contributed by atoms with E-state index in [1.807, 2.05) is 18.2 Å². The Bertz CT molecular complexity index is 709. The van der Waals surface area contributed by atoms with Gasteiger partial charge in [-0.15, -0.1) is 0 Å².